The van der Waals surface area contributed by atoms with Crippen molar-refractivity contribution in [2.45, 2.75) is 20.3 Å². The molecular weight excluding hydrogens is 88.1 g/mol. The van der Waals surface area contributed by atoms with Gasteiger partial charge in [0.2, 0.25) is 0 Å². The summed E-state index contributed by atoms with van der Waals surface area (Å²) in [4.78, 5) is 9.70. The quantitative estimate of drug-likeness (QED) is 0.378. The Morgan fingerprint density at radius 3 is 2.43 bits per heavy atom. The highest BCUT2D eigenvalue weighted by atomic mass is 16.1. The number of carbonyl (C=O) groups excluding carboxylic acids is 1. The minimum atomic E-state index is 0.818. The molecule has 40 valence electrons. The molecule has 0 aliphatic heterocycles. The Morgan fingerprint density at radius 2 is 2.29 bits per heavy atom. The van der Waals surface area contributed by atoms with Crippen LogP contribution in [0.4, 0.5) is 0 Å². The lowest BCUT2D eigenvalue weighted by Gasteiger charge is -1.84. The van der Waals surface area contributed by atoms with Crippen LogP contribution >= 0.6 is 0 Å². The molecule has 0 aliphatic carbocycles. The van der Waals surface area contributed by atoms with Crippen LogP contribution in [-0.4, -0.2) is 6.29 Å². The van der Waals surface area contributed by atoms with Crippen molar-refractivity contribution < 1.29 is 4.79 Å². The smallest absolute Gasteiger partial charge is 0.142 e. The van der Waals surface area contributed by atoms with Gasteiger partial charge in [-0.1, -0.05) is 12.5 Å². The van der Waals surface area contributed by atoms with Crippen molar-refractivity contribution in [2.24, 2.45) is 0 Å². The zero-order valence-corrected chi connectivity index (χ0v) is 4.77. The molecule has 0 radical (unpaired) electrons. The van der Waals surface area contributed by atoms with Crippen LogP contribution in [0, 0.1) is 0 Å². The molecule has 0 aliphatic rings. The first kappa shape index (κ1) is 6.41. The minimum Gasteiger partial charge on any atom is -0.299 e. The molecule has 0 fully saturated rings. The summed E-state index contributed by atoms with van der Waals surface area (Å²) in [7, 11) is 0. The van der Waals surface area contributed by atoms with Gasteiger partial charge in [0.1, 0.15) is 6.29 Å². The van der Waals surface area contributed by atoms with Crippen molar-refractivity contribution in [3.05, 3.63) is 11.6 Å². The molecule has 0 unspecified atom stereocenters. The van der Waals surface area contributed by atoms with Gasteiger partial charge >= 0.3 is 0 Å². The Bertz CT molecular complexity index is 82.2. The lowest BCUT2D eigenvalue weighted by molar-refractivity contribution is -0.104. The van der Waals surface area contributed by atoms with Crippen molar-refractivity contribution in [1.82, 2.24) is 0 Å². The maximum atomic E-state index is 9.70. The molecule has 0 aromatic heterocycles. The molecular formula is C6H10O. The zero-order chi connectivity index (χ0) is 5.70. The van der Waals surface area contributed by atoms with Crippen molar-refractivity contribution >= 4 is 6.29 Å². The van der Waals surface area contributed by atoms with Crippen LogP contribution in [0.1, 0.15) is 20.3 Å². The van der Waals surface area contributed by atoms with E-state index in [1.807, 2.05) is 13.8 Å². The van der Waals surface area contributed by atoms with E-state index in [-0.39, 0.29) is 0 Å². The third-order valence-corrected chi connectivity index (χ3v) is 0.910. The van der Waals surface area contributed by atoms with Gasteiger partial charge in [0.25, 0.3) is 0 Å². The average molecular weight is 98.1 g/mol. The monoisotopic (exact) mass is 98.1 g/mol. The van der Waals surface area contributed by atoms with Crippen LogP contribution in [0.25, 0.3) is 0 Å². The molecule has 0 aromatic rings. The second kappa shape index (κ2) is 3.59. The Kier molecular flexibility index (Phi) is 3.29. The molecule has 1 heteroatoms. The predicted molar refractivity (Wildman–Crippen MR) is 30.1 cm³/mol. The first-order chi connectivity index (χ1) is 3.31. The summed E-state index contributed by atoms with van der Waals surface area (Å²) in [6, 6.07) is 0. The molecule has 0 bridgehead atoms. The first-order valence-electron chi connectivity index (χ1n) is 2.42. The summed E-state index contributed by atoms with van der Waals surface area (Å²) in [5, 5.41) is 0. The lowest BCUT2D eigenvalue weighted by Crippen LogP contribution is -1.69. The van der Waals surface area contributed by atoms with Gasteiger partial charge in [0.15, 0.2) is 0 Å². The van der Waals surface area contributed by atoms with Crippen LogP contribution in [0.5, 0.6) is 0 Å². The summed E-state index contributed by atoms with van der Waals surface area (Å²) in [5.74, 6) is 0. The molecule has 7 heavy (non-hydrogen) atoms. The van der Waals surface area contributed by atoms with E-state index in [0.717, 1.165) is 18.3 Å². The molecule has 1 nitrogen and oxygen atoms in total. The van der Waals surface area contributed by atoms with Gasteiger partial charge in [0.05, 0.1) is 0 Å². The fourth-order valence-electron chi connectivity index (χ4n) is 0.234. The van der Waals surface area contributed by atoms with E-state index in [1.165, 1.54) is 0 Å². The van der Waals surface area contributed by atoms with Gasteiger partial charge in [-0.05, 0) is 19.4 Å². The van der Waals surface area contributed by atoms with Gasteiger partial charge in [-0.3, -0.25) is 4.79 Å². The van der Waals surface area contributed by atoms with Gasteiger partial charge in [-0.15, -0.1) is 0 Å². The summed E-state index contributed by atoms with van der Waals surface area (Å²) in [5.41, 5.74) is 1.13. The summed E-state index contributed by atoms with van der Waals surface area (Å²) >= 11 is 0. The Balaban J connectivity index is 3.49. The van der Waals surface area contributed by atoms with E-state index in [4.69, 9.17) is 0 Å². The van der Waals surface area contributed by atoms with Crippen molar-refractivity contribution in [3.63, 3.8) is 0 Å². The number of aldehydes is 1. The van der Waals surface area contributed by atoms with Gasteiger partial charge in [-0.25, -0.2) is 0 Å². The van der Waals surface area contributed by atoms with E-state index in [2.05, 4.69) is 0 Å². The molecule has 0 atom stereocenters. The lowest BCUT2D eigenvalue weighted by atomic mass is 10.2. The summed E-state index contributed by atoms with van der Waals surface area (Å²) in [6.07, 6.45) is 3.37. The van der Waals surface area contributed by atoms with E-state index in [9.17, 15) is 4.79 Å². The van der Waals surface area contributed by atoms with E-state index >= 15 is 0 Å². The van der Waals surface area contributed by atoms with Crippen LogP contribution in [-0.2, 0) is 4.79 Å². The van der Waals surface area contributed by atoms with Crippen LogP contribution in [0.2, 0.25) is 0 Å². The molecule has 0 saturated heterocycles. The molecule has 0 saturated carbocycles. The second-order valence-corrected chi connectivity index (χ2v) is 1.50. The van der Waals surface area contributed by atoms with Crippen molar-refractivity contribution in [3.8, 4) is 0 Å². The fraction of sp³-hybridized carbons (Fsp3) is 0.500. The standard InChI is InChI=1S/C6H10O/c1-3-6(2)4-5-7/h4-5H,3H2,1-2H3. The number of rotatable bonds is 2. The summed E-state index contributed by atoms with van der Waals surface area (Å²) in [6.45, 7) is 3.96. The van der Waals surface area contributed by atoms with E-state index in [1.54, 1.807) is 6.08 Å². The SMILES string of the molecule is CCC(C)=CC=O. The molecule has 0 amide bonds. The largest absolute Gasteiger partial charge is 0.299 e. The third-order valence-electron chi connectivity index (χ3n) is 0.910. The molecule has 0 N–H and O–H groups in total. The van der Waals surface area contributed by atoms with Gasteiger partial charge in [0, 0.05) is 0 Å². The van der Waals surface area contributed by atoms with E-state index < -0.39 is 0 Å². The summed E-state index contributed by atoms with van der Waals surface area (Å²) < 4.78 is 0. The highest BCUT2D eigenvalue weighted by molar-refractivity contribution is 5.65. The topological polar surface area (TPSA) is 17.1 Å². The second-order valence-electron chi connectivity index (χ2n) is 1.50. The highest BCUT2D eigenvalue weighted by Gasteiger charge is 1.76. The molecule has 0 spiro atoms. The molecule has 0 aromatic carbocycles. The van der Waals surface area contributed by atoms with Crippen LogP contribution < -0.4 is 0 Å². The minimum absolute atomic E-state index is 0.818. The number of allylic oxidation sites excluding steroid dienone is 2. The van der Waals surface area contributed by atoms with Gasteiger partial charge < -0.3 is 0 Å². The Labute approximate surface area is 44.0 Å². The van der Waals surface area contributed by atoms with Crippen molar-refractivity contribution in [2.75, 3.05) is 0 Å². The number of hydrogen-bond donors (Lipinski definition) is 0. The Morgan fingerprint density at radius 1 is 1.71 bits per heavy atom. The molecule has 0 heterocycles. The number of hydrogen-bond acceptors (Lipinski definition) is 1. The highest BCUT2D eigenvalue weighted by Crippen LogP contribution is 1.93. The maximum absolute atomic E-state index is 9.70. The molecule has 0 rings (SSSR count). The predicted octanol–water partition coefficient (Wildman–Crippen LogP) is 1.54. The first-order valence-corrected chi connectivity index (χ1v) is 2.42. The maximum Gasteiger partial charge on any atom is 0.142 e. The van der Waals surface area contributed by atoms with E-state index in [0.29, 0.717) is 0 Å². The third kappa shape index (κ3) is 3.23. The van der Waals surface area contributed by atoms with Crippen LogP contribution in [0.3, 0.4) is 0 Å². The van der Waals surface area contributed by atoms with Gasteiger partial charge in [-0.2, -0.15) is 0 Å². The Hall–Kier alpha value is -0.590. The fourth-order valence-corrected chi connectivity index (χ4v) is 0.234. The number of carbonyl (C=O) groups is 1. The van der Waals surface area contributed by atoms with Crippen LogP contribution in [0.15, 0.2) is 11.6 Å². The normalized spacial score (nSPS) is 11.4. The van der Waals surface area contributed by atoms with Crippen molar-refractivity contribution in [1.29, 1.82) is 0 Å². The zero-order valence-electron chi connectivity index (χ0n) is 4.77. The average Bonchev–Trinajstić information content (AvgIpc) is 1.68.